The lowest BCUT2D eigenvalue weighted by atomic mass is 10.2. The van der Waals surface area contributed by atoms with Crippen LogP contribution in [0.2, 0.25) is 5.02 Å². The van der Waals surface area contributed by atoms with E-state index in [-0.39, 0.29) is 25.2 Å². The molecule has 0 bridgehead atoms. The number of amides is 2. The fraction of sp³-hybridized carbons (Fsp3) is 0.263. The van der Waals surface area contributed by atoms with Gasteiger partial charge in [0.05, 0.1) is 7.05 Å². The Hall–Kier alpha value is -2.77. The van der Waals surface area contributed by atoms with Crippen molar-refractivity contribution in [3.8, 4) is 11.5 Å². The molecule has 0 aromatic heterocycles. The molecule has 0 aliphatic carbocycles. The van der Waals surface area contributed by atoms with Gasteiger partial charge in [-0.2, -0.15) is 0 Å². The summed E-state index contributed by atoms with van der Waals surface area (Å²) in [5.41, 5.74) is 1.28. The molecule has 2 aromatic carbocycles. The highest BCUT2D eigenvalue weighted by molar-refractivity contribution is 6.30. The minimum Gasteiger partial charge on any atom is -0.454 e. The van der Waals surface area contributed by atoms with E-state index in [2.05, 4.69) is 10.6 Å². The van der Waals surface area contributed by atoms with Crippen molar-refractivity contribution in [2.45, 2.75) is 13.0 Å². The molecule has 1 aliphatic rings. The second-order valence-corrected chi connectivity index (χ2v) is 6.79. The van der Waals surface area contributed by atoms with Gasteiger partial charge in [0.1, 0.15) is 0 Å². The Bertz CT molecular complexity index is 841. The normalized spacial score (nSPS) is 14.3. The van der Waals surface area contributed by atoms with Gasteiger partial charge in [0.15, 0.2) is 24.1 Å². The summed E-state index contributed by atoms with van der Waals surface area (Å²) in [7, 11) is 1.80. The SMILES string of the molecule is C[C@@H](C(=O)Nc1ccc2c(c1)OCO2)[NH+](C)CC(=O)Nc1ccc(Cl)cc1. The Balaban J connectivity index is 1.52. The van der Waals surface area contributed by atoms with Crippen LogP contribution in [-0.2, 0) is 9.59 Å². The highest BCUT2D eigenvalue weighted by Gasteiger charge is 2.24. The maximum atomic E-state index is 12.5. The molecule has 0 saturated heterocycles. The van der Waals surface area contributed by atoms with Crippen molar-refractivity contribution in [3.05, 3.63) is 47.5 Å². The summed E-state index contributed by atoms with van der Waals surface area (Å²) in [5.74, 6) is 0.884. The van der Waals surface area contributed by atoms with E-state index in [0.29, 0.717) is 27.9 Å². The minimum absolute atomic E-state index is 0.151. The van der Waals surface area contributed by atoms with E-state index in [0.717, 1.165) is 4.90 Å². The first-order valence-electron chi connectivity index (χ1n) is 8.50. The summed E-state index contributed by atoms with van der Waals surface area (Å²) in [6.45, 7) is 2.10. The van der Waals surface area contributed by atoms with Crippen molar-refractivity contribution >= 4 is 34.8 Å². The zero-order valence-electron chi connectivity index (χ0n) is 15.0. The first-order chi connectivity index (χ1) is 12.9. The average Bonchev–Trinajstić information content (AvgIpc) is 3.10. The number of anilines is 2. The van der Waals surface area contributed by atoms with E-state index in [1.54, 1.807) is 56.4 Å². The lowest BCUT2D eigenvalue weighted by Crippen LogP contribution is -3.14. The standard InChI is InChI=1S/C19H20ClN3O4/c1-12(19(25)22-15-7-8-16-17(9-15)27-11-26-16)23(2)10-18(24)21-14-5-3-13(20)4-6-14/h3-9,12H,10-11H2,1-2H3,(H,21,24)(H,22,25)/p+1/t12-/m0/s1. The van der Waals surface area contributed by atoms with Gasteiger partial charge in [-0.1, -0.05) is 11.6 Å². The number of carbonyl (C=O) groups is 2. The second-order valence-electron chi connectivity index (χ2n) is 6.36. The predicted molar refractivity (Wildman–Crippen MR) is 102 cm³/mol. The summed E-state index contributed by atoms with van der Waals surface area (Å²) < 4.78 is 10.6. The molecule has 0 saturated carbocycles. The molecule has 3 rings (SSSR count). The molecule has 3 N–H and O–H groups in total. The van der Waals surface area contributed by atoms with Crippen LogP contribution in [0.25, 0.3) is 0 Å². The molecule has 27 heavy (non-hydrogen) atoms. The van der Waals surface area contributed by atoms with Crippen LogP contribution >= 0.6 is 11.6 Å². The molecule has 0 spiro atoms. The first kappa shape index (κ1) is 19.0. The number of halogens is 1. The van der Waals surface area contributed by atoms with Crippen molar-refractivity contribution in [2.24, 2.45) is 0 Å². The zero-order valence-corrected chi connectivity index (χ0v) is 15.8. The van der Waals surface area contributed by atoms with Crippen molar-refractivity contribution < 1.29 is 24.0 Å². The summed E-state index contributed by atoms with van der Waals surface area (Å²) in [4.78, 5) is 25.4. The first-order valence-corrected chi connectivity index (χ1v) is 8.88. The van der Waals surface area contributed by atoms with Crippen molar-refractivity contribution in [3.63, 3.8) is 0 Å². The Morgan fingerprint density at radius 2 is 1.74 bits per heavy atom. The van der Waals surface area contributed by atoms with E-state index < -0.39 is 6.04 Å². The third-order valence-corrected chi connectivity index (χ3v) is 4.59. The lowest BCUT2D eigenvalue weighted by molar-refractivity contribution is -0.885. The van der Waals surface area contributed by atoms with Crippen LogP contribution in [0.15, 0.2) is 42.5 Å². The van der Waals surface area contributed by atoms with E-state index >= 15 is 0 Å². The van der Waals surface area contributed by atoms with Crippen LogP contribution in [0.1, 0.15) is 6.92 Å². The summed E-state index contributed by atoms with van der Waals surface area (Å²) in [6.07, 6.45) is 0. The number of nitrogens with one attached hydrogen (secondary N) is 3. The minimum atomic E-state index is -0.425. The number of hydrogen-bond acceptors (Lipinski definition) is 4. The number of quaternary nitrogens is 1. The van der Waals surface area contributed by atoms with Crippen LogP contribution in [0.5, 0.6) is 11.5 Å². The molecule has 1 heterocycles. The summed E-state index contributed by atoms with van der Waals surface area (Å²) >= 11 is 5.83. The third kappa shape index (κ3) is 4.90. The Labute approximate surface area is 162 Å². The quantitative estimate of drug-likeness (QED) is 0.699. The van der Waals surface area contributed by atoms with Gasteiger partial charge >= 0.3 is 0 Å². The number of ether oxygens (including phenoxy) is 2. The lowest BCUT2D eigenvalue weighted by Gasteiger charge is -2.20. The molecule has 7 nitrogen and oxygen atoms in total. The Kier molecular flexibility index (Phi) is 5.83. The van der Waals surface area contributed by atoms with Crippen LogP contribution in [0.4, 0.5) is 11.4 Å². The van der Waals surface area contributed by atoms with Gasteiger partial charge in [0.2, 0.25) is 6.79 Å². The maximum absolute atomic E-state index is 12.5. The van der Waals surface area contributed by atoms with Gasteiger partial charge in [0, 0.05) is 22.5 Å². The molecule has 1 unspecified atom stereocenters. The number of benzene rings is 2. The molecule has 2 aromatic rings. The Morgan fingerprint density at radius 1 is 1.07 bits per heavy atom. The molecule has 8 heteroatoms. The molecule has 2 amide bonds. The number of fused-ring (bicyclic) bond motifs is 1. The van der Waals surface area contributed by atoms with Crippen LogP contribution in [-0.4, -0.2) is 38.2 Å². The Morgan fingerprint density at radius 3 is 2.48 bits per heavy atom. The van der Waals surface area contributed by atoms with Gasteiger partial charge in [-0.15, -0.1) is 0 Å². The van der Waals surface area contributed by atoms with Gasteiger partial charge < -0.3 is 25.0 Å². The number of hydrogen-bond donors (Lipinski definition) is 3. The average molecular weight is 391 g/mol. The summed E-state index contributed by atoms with van der Waals surface area (Å²) in [6, 6.07) is 11.7. The topological polar surface area (TPSA) is 81.1 Å². The fourth-order valence-electron chi connectivity index (χ4n) is 2.59. The molecular weight excluding hydrogens is 370 g/mol. The van der Waals surface area contributed by atoms with Crippen LogP contribution in [0.3, 0.4) is 0 Å². The fourth-order valence-corrected chi connectivity index (χ4v) is 2.72. The van der Waals surface area contributed by atoms with Gasteiger partial charge in [0.25, 0.3) is 11.8 Å². The van der Waals surface area contributed by atoms with Gasteiger partial charge in [-0.05, 0) is 43.3 Å². The van der Waals surface area contributed by atoms with Crippen molar-refractivity contribution in [1.29, 1.82) is 0 Å². The number of carbonyl (C=O) groups excluding carboxylic acids is 2. The highest BCUT2D eigenvalue weighted by Crippen LogP contribution is 2.34. The largest absolute Gasteiger partial charge is 0.454 e. The molecule has 2 atom stereocenters. The van der Waals surface area contributed by atoms with Crippen molar-refractivity contribution in [1.82, 2.24) is 0 Å². The summed E-state index contributed by atoms with van der Waals surface area (Å²) in [5, 5.41) is 6.23. The smallest absolute Gasteiger partial charge is 0.282 e. The third-order valence-electron chi connectivity index (χ3n) is 4.34. The maximum Gasteiger partial charge on any atom is 0.282 e. The molecule has 0 fully saturated rings. The second kappa shape index (κ2) is 8.28. The van der Waals surface area contributed by atoms with Crippen LogP contribution < -0.4 is 25.0 Å². The van der Waals surface area contributed by atoms with E-state index in [1.165, 1.54) is 0 Å². The van der Waals surface area contributed by atoms with Gasteiger partial charge in [-0.25, -0.2) is 0 Å². The molecule has 1 aliphatic heterocycles. The van der Waals surface area contributed by atoms with E-state index in [1.807, 2.05) is 0 Å². The van der Waals surface area contributed by atoms with E-state index in [4.69, 9.17) is 21.1 Å². The van der Waals surface area contributed by atoms with Gasteiger partial charge in [-0.3, -0.25) is 9.59 Å². The monoisotopic (exact) mass is 390 g/mol. The number of likely N-dealkylation sites (N-methyl/N-ethyl adjacent to an activating group) is 1. The zero-order chi connectivity index (χ0) is 19.4. The predicted octanol–water partition coefficient (Wildman–Crippen LogP) is 1.55. The molecule has 0 radical (unpaired) electrons. The van der Waals surface area contributed by atoms with E-state index in [9.17, 15) is 9.59 Å². The van der Waals surface area contributed by atoms with Crippen molar-refractivity contribution in [2.75, 3.05) is 31.0 Å². The molecular formula is C19H21ClN3O4+. The van der Waals surface area contributed by atoms with Crippen LogP contribution in [0, 0.1) is 0 Å². The highest BCUT2D eigenvalue weighted by atomic mass is 35.5. The molecule has 142 valence electrons. The number of rotatable bonds is 6.